The molecule has 2 saturated heterocycles. The van der Waals surface area contributed by atoms with Crippen molar-refractivity contribution in [3.8, 4) is 16.9 Å². The molecule has 21 heteroatoms. The van der Waals surface area contributed by atoms with Gasteiger partial charge in [-0.05, 0) is 82.8 Å². The van der Waals surface area contributed by atoms with Gasteiger partial charge in [-0.3, -0.25) is 14.5 Å². The van der Waals surface area contributed by atoms with E-state index in [-0.39, 0.29) is 44.0 Å². The highest BCUT2D eigenvalue weighted by molar-refractivity contribution is 5.98. The number of carbonyl (C=O) groups is 5. The van der Waals surface area contributed by atoms with Crippen LogP contribution in [0.4, 0.5) is 31.8 Å². The maximum Gasteiger partial charge on any atom is 0.410 e. The lowest BCUT2D eigenvalue weighted by Crippen LogP contribution is -2.70. The average Bonchev–Trinajstić information content (AvgIpc) is 4.09. The van der Waals surface area contributed by atoms with Crippen molar-refractivity contribution in [1.29, 1.82) is 0 Å². The summed E-state index contributed by atoms with van der Waals surface area (Å²) in [6, 6.07) is 28.3. The summed E-state index contributed by atoms with van der Waals surface area (Å²) in [5.41, 5.74) is 20.0. The van der Waals surface area contributed by atoms with Gasteiger partial charge < -0.3 is 66.5 Å². The van der Waals surface area contributed by atoms with Gasteiger partial charge in [-0.15, -0.1) is 0 Å². The molecule has 428 valence electrons. The van der Waals surface area contributed by atoms with E-state index >= 15 is 0 Å². The number of hydrogen-bond acceptors (Lipinski definition) is 14. The number of likely N-dealkylation sites (tertiary alicyclic amines) is 1. The number of benzene rings is 4. The van der Waals surface area contributed by atoms with Gasteiger partial charge in [-0.25, -0.2) is 19.4 Å². The Morgan fingerprint density at radius 2 is 1.54 bits per heavy atom. The zero-order valence-electron chi connectivity index (χ0n) is 46.5. The van der Waals surface area contributed by atoms with Gasteiger partial charge >= 0.3 is 18.2 Å². The summed E-state index contributed by atoms with van der Waals surface area (Å²) in [6.07, 6.45) is 4.53. The zero-order valence-corrected chi connectivity index (χ0v) is 46.5. The van der Waals surface area contributed by atoms with Gasteiger partial charge in [0.1, 0.15) is 42.2 Å². The summed E-state index contributed by atoms with van der Waals surface area (Å²) in [6.45, 7) is 10.5. The number of amides is 6. The van der Waals surface area contributed by atoms with E-state index in [4.69, 9.17) is 30.4 Å². The molecule has 0 saturated carbocycles. The van der Waals surface area contributed by atoms with Gasteiger partial charge in [0.2, 0.25) is 17.8 Å². The van der Waals surface area contributed by atoms with E-state index in [9.17, 15) is 24.0 Å². The first kappa shape index (κ1) is 57.3. The molecule has 2 aliphatic heterocycles. The molecule has 81 heavy (non-hydrogen) atoms. The maximum atomic E-state index is 13.9. The van der Waals surface area contributed by atoms with Crippen molar-refractivity contribution in [3.05, 3.63) is 131 Å². The van der Waals surface area contributed by atoms with Crippen LogP contribution in [0.5, 0.6) is 5.75 Å². The number of carbonyl (C=O) groups excluding carboxylic acids is 5. The number of alkyl carbamates (subject to hydrolysis) is 1. The Labute approximate surface area is 471 Å². The SMILES string of the molecule is CCCCCNc1nc(N)nc2ccn(Cc3ccc(CN4CC5(C4)CN(C(=O)OCc4ccc(NC(=O)[C@H](CCCNC(N)=O)NC(=O)[C@@H](NC(=O)OCC6c7ccccc7-c7ccccc76)C(C)C)cc4)CCO5)cc3OC)c12. The molecular weight excluding hydrogens is 1030 g/mol. The molecule has 1 aliphatic carbocycles. The average molecular weight is 1110 g/mol. The van der Waals surface area contributed by atoms with Gasteiger partial charge in [-0.2, -0.15) is 4.98 Å². The van der Waals surface area contributed by atoms with Crippen LogP contribution in [0.15, 0.2) is 103 Å². The fraction of sp³-hybridized carbons (Fsp3) is 0.417. The summed E-state index contributed by atoms with van der Waals surface area (Å²) < 4.78 is 25.8. The van der Waals surface area contributed by atoms with Crippen LogP contribution in [-0.4, -0.2) is 132 Å². The van der Waals surface area contributed by atoms with Crippen molar-refractivity contribution in [2.75, 3.05) is 76.0 Å². The Morgan fingerprint density at radius 3 is 2.25 bits per heavy atom. The molecule has 21 nitrogen and oxygen atoms in total. The summed E-state index contributed by atoms with van der Waals surface area (Å²) in [7, 11) is 1.68. The number of methoxy groups -OCH3 is 1. The van der Waals surface area contributed by atoms with Gasteiger partial charge in [-0.1, -0.05) is 106 Å². The highest BCUT2D eigenvalue weighted by Crippen LogP contribution is 2.44. The molecule has 0 unspecified atom stereocenters. The quantitative estimate of drug-likeness (QED) is 0.0293. The molecule has 0 bridgehead atoms. The molecular formula is C60H74N12O9. The second kappa shape index (κ2) is 26.2. The van der Waals surface area contributed by atoms with E-state index < -0.39 is 47.7 Å². The number of morpholine rings is 1. The highest BCUT2D eigenvalue weighted by Gasteiger charge is 2.48. The standard InChI is InChI=1S/C60H74N12O9/c1-5-6-11-25-63-53-52-48(67-56(61)69-53)24-27-71(52)32-41-21-18-40(30-50(41)78-4)31-70-35-60(36-70)37-72(28-29-81-60)59(77)80-33-39-19-22-42(23-20-39)65-54(73)49(17-12-26-64-57(62)75)66-55(74)51(38(2)3)68-58(76)79-34-47-45-15-9-7-13-43(45)44-14-8-10-16-46(44)47/h7-10,13-16,18-24,27,30,38,47,49,51H,5-6,11-12,17,25-26,28-29,31-37H2,1-4H3,(H,65,73)(H,66,74)(H,68,76)(H3,62,64,75)(H3,61,63,67,69)/t49-,51-/m0/s1. The number of nitrogens with one attached hydrogen (secondary N) is 5. The number of nitrogen functional groups attached to an aromatic ring is 1. The minimum absolute atomic E-state index is 0.000246. The third kappa shape index (κ3) is 14.1. The molecule has 3 aliphatic rings. The Kier molecular flexibility index (Phi) is 18.5. The lowest BCUT2D eigenvalue weighted by atomic mass is 9.91. The van der Waals surface area contributed by atoms with E-state index in [1.54, 1.807) is 50.1 Å². The highest BCUT2D eigenvalue weighted by atomic mass is 16.6. The van der Waals surface area contributed by atoms with E-state index in [2.05, 4.69) is 71.1 Å². The number of primary amides is 1. The van der Waals surface area contributed by atoms with Gasteiger partial charge in [0, 0.05) is 62.6 Å². The van der Waals surface area contributed by atoms with Crippen molar-refractivity contribution in [2.45, 2.75) is 96.2 Å². The van der Waals surface area contributed by atoms with Crippen molar-refractivity contribution < 1.29 is 42.9 Å². The summed E-state index contributed by atoms with van der Waals surface area (Å²) in [5, 5.41) is 14.4. The summed E-state index contributed by atoms with van der Waals surface area (Å²) >= 11 is 0. The first-order valence-corrected chi connectivity index (χ1v) is 27.8. The monoisotopic (exact) mass is 1110 g/mol. The van der Waals surface area contributed by atoms with Crippen LogP contribution < -0.4 is 42.8 Å². The Hall–Kier alpha value is -8.43. The smallest absolute Gasteiger partial charge is 0.410 e. The molecule has 2 aromatic heterocycles. The Bertz CT molecular complexity index is 3150. The minimum atomic E-state index is -1.05. The lowest BCUT2D eigenvalue weighted by Gasteiger charge is -2.53. The van der Waals surface area contributed by atoms with E-state index in [0.29, 0.717) is 63.5 Å². The number of nitrogens with zero attached hydrogens (tertiary/aromatic N) is 5. The number of aromatic nitrogens is 3. The van der Waals surface area contributed by atoms with Gasteiger partial charge in [0.05, 0.1) is 32.3 Å². The normalized spacial score (nSPS) is 15.2. The van der Waals surface area contributed by atoms with Crippen molar-refractivity contribution in [3.63, 3.8) is 0 Å². The van der Waals surface area contributed by atoms with Gasteiger partial charge in [0.15, 0.2) is 5.82 Å². The number of rotatable bonds is 24. The fourth-order valence-electron chi connectivity index (χ4n) is 11.0. The van der Waals surface area contributed by atoms with Gasteiger partial charge in [0.25, 0.3) is 0 Å². The molecule has 2 atom stereocenters. The second-order valence-electron chi connectivity index (χ2n) is 21.4. The van der Waals surface area contributed by atoms with Crippen molar-refractivity contribution in [2.24, 2.45) is 11.7 Å². The van der Waals surface area contributed by atoms with E-state index in [0.717, 1.165) is 81.8 Å². The first-order valence-electron chi connectivity index (χ1n) is 27.8. The number of nitrogens with two attached hydrogens (primary N) is 2. The summed E-state index contributed by atoms with van der Waals surface area (Å²) in [5.74, 6) is 0.0990. The van der Waals surface area contributed by atoms with Crippen LogP contribution in [0.1, 0.15) is 86.6 Å². The first-order chi connectivity index (χ1) is 39.2. The molecule has 6 aromatic rings. The predicted molar refractivity (Wildman–Crippen MR) is 308 cm³/mol. The summed E-state index contributed by atoms with van der Waals surface area (Å²) in [4.78, 5) is 78.8. The van der Waals surface area contributed by atoms with E-state index in [1.165, 1.54) is 0 Å². The number of anilines is 3. The molecule has 6 amide bonds. The number of urea groups is 1. The number of hydrogen-bond donors (Lipinski definition) is 7. The number of ether oxygens (including phenoxy) is 4. The molecule has 2 fully saturated rings. The topological polar surface area (TPSA) is 272 Å². The second-order valence-corrected chi connectivity index (χ2v) is 21.4. The minimum Gasteiger partial charge on any atom is -0.496 e. The molecule has 1 spiro atoms. The maximum absolute atomic E-state index is 13.9. The molecule has 9 N–H and O–H groups in total. The molecule has 4 aromatic carbocycles. The van der Waals surface area contributed by atoms with Crippen LogP contribution in [0, 0.1) is 5.92 Å². The molecule has 4 heterocycles. The van der Waals surface area contributed by atoms with Crippen LogP contribution in [-0.2, 0) is 43.5 Å². The lowest BCUT2D eigenvalue weighted by molar-refractivity contribution is -0.181. The Balaban J connectivity index is 0.738. The third-order valence-corrected chi connectivity index (χ3v) is 15.1. The largest absolute Gasteiger partial charge is 0.496 e. The third-order valence-electron chi connectivity index (χ3n) is 15.1. The van der Waals surface area contributed by atoms with Crippen LogP contribution >= 0.6 is 0 Å². The van der Waals surface area contributed by atoms with Crippen molar-refractivity contribution >= 4 is 58.5 Å². The van der Waals surface area contributed by atoms with Crippen LogP contribution in [0.2, 0.25) is 0 Å². The fourth-order valence-corrected chi connectivity index (χ4v) is 11.0. The predicted octanol–water partition coefficient (Wildman–Crippen LogP) is 7.33. The molecule has 0 radical (unpaired) electrons. The van der Waals surface area contributed by atoms with Crippen molar-refractivity contribution in [1.82, 2.24) is 40.3 Å². The van der Waals surface area contributed by atoms with Crippen LogP contribution in [0.25, 0.3) is 22.2 Å². The van der Waals surface area contributed by atoms with Crippen LogP contribution in [0.3, 0.4) is 0 Å². The number of unbranched alkanes of at least 4 members (excludes halogenated alkanes) is 2. The van der Waals surface area contributed by atoms with E-state index in [1.807, 2.05) is 60.8 Å². The molecule has 9 rings (SSSR count). The zero-order chi connectivity index (χ0) is 57.0. The Morgan fingerprint density at radius 1 is 0.815 bits per heavy atom. The number of fused-ring (bicyclic) bond motifs is 4.